The van der Waals surface area contributed by atoms with Gasteiger partial charge in [-0.15, -0.1) is 0 Å². The molecule has 0 aliphatic heterocycles. The molecule has 0 spiro atoms. The van der Waals surface area contributed by atoms with Crippen LogP contribution in [-0.2, 0) is 12.8 Å². The number of halogens is 1. The van der Waals surface area contributed by atoms with Crippen molar-refractivity contribution in [1.82, 2.24) is 15.0 Å². The van der Waals surface area contributed by atoms with Crippen LogP contribution in [0.4, 0.5) is 10.3 Å². The Morgan fingerprint density at radius 3 is 2.82 bits per heavy atom. The molecule has 0 unspecified atom stereocenters. The predicted molar refractivity (Wildman–Crippen MR) is 84.3 cm³/mol. The Balaban J connectivity index is 1.92. The molecule has 4 nitrogen and oxygen atoms in total. The van der Waals surface area contributed by atoms with Gasteiger partial charge < -0.3 is 5.73 Å². The number of hydrogen-bond donors (Lipinski definition) is 1. The van der Waals surface area contributed by atoms with Gasteiger partial charge in [-0.2, -0.15) is 9.97 Å². The van der Waals surface area contributed by atoms with Gasteiger partial charge in [0.05, 0.1) is 0 Å². The minimum absolute atomic E-state index is 0.0969. The average molecular weight is 300 g/mol. The molecule has 2 N–H and O–H groups in total. The molecule has 5 heteroatoms. The highest BCUT2D eigenvalue weighted by Crippen LogP contribution is 2.40. The molecule has 0 saturated carbocycles. The van der Waals surface area contributed by atoms with E-state index in [2.05, 4.69) is 47.0 Å². The van der Waals surface area contributed by atoms with Crippen LogP contribution in [0.3, 0.4) is 0 Å². The number of nitrogens with two attached hydrogens (primary N) is 1. The van der Waals surface area contributed by atoms with E-state index in [1.807, 2.05) is 0 Å². The zero-order valence-corrected chi connectivity index (χ0v) is 13.2. The van der Waals surface area contributed by atoms with E-state index < -0.39 is 6.17 Å². The van der Waals surface area contributed by atoms with Gasteiger partial charge in [-0.25, -0.2) is 9.37 Å². The van der Waals surface area contributed by atoms with Gasteiger partial charge in [0, 0.05) is 6.42 Å². The quantitative estimate of drug-likeness (QED) is 0.944. The molecule has 0 saturated heterocycles. The summed E-state index contributed by atoms with van der Waals surface area (Å²) in [6.45, 7) is 5.75. The second-order valence-corrected chi connectivity index (χ2v) is 6.28. The fourth-order valence-corrected chi connectivity index (χ4v) is 3.27. The third-order valence-electron chi connectivity index (χ3n) is 4.40. The van der Waals surface area contributed by atoms with Crippen LogP contribution in [0.5, 0.6) is 0 Å². The first kappa shape index (κ1) is 14.9. The van der Waals surface area contributed by atoms with E-state index in [-0.39, 0.29) is 11.8 Å². The summed E-state index contributed by atoms with van der Waals surface area (Å²) in [4.78, 5) is 12.3. The van der Waals surface area contributed by atoms with E-state index in [1.165, 1.54) is 23.6 Å². The minimum atomic E-state index is -1.24. The van der Waals surface area contributed by atoms with Crippen LogP contribution in [0.25, 0.3) is 0 Å². The highest BCUT2D eigenvalue weighted by atomic mass is 19.1. The molecule has 2 aromatic rings. The summed E-state index contributed by atoms with van der Waals surface area (Å²) < 4.78 is 13.5. The molecule has 0 radical (unpaired) electrons. The first-order valence-corrected chi connectivity index (χ1v) is 7.68. The Morgan fingerprint density at radius 1 is 1.32 bits per heavy atom. The number of fused-ring (bicyclic) bond motifs is 1. The predicted octanol–water partition coefficient (Wildman–Crippen LogP) is 3.31. The SMILES string of the molecule is Cc1ccc2c(c1)[C@H](Cc1nc(N)nc([C@@H](C)F)n1)[C@@H](C)C2. The van der Waals surface area contributed by atoms with Crippen molar-refractivity contribution in [2.24, 2.45) is 5.92 Å². The second-order valence-electron chi connectivity index (χ2n) is 6.28. The van der Waals surface area contributed by atoms with E-state index in [0.717, 1.165) is 6.42 Å². The highest BCUT2D eigenvalue weighted by Gasteiger charge is 2.30. The van der Waals surface area contributed by atoms with Crippen molar-refractivity contribution in [1.29, 1.82) is 0 Å². The van der Waals surface area contributed by atoms with Gasteiger partial charge in [0.15, 0.2) is 12.0 Å². The number of hydrogen-bond acceptors (Lipinski definition) is 4. The van der Waals surface area contributed by atoms with Gasteiger partial charge >= 0.3 is 0 Å². The van der Waals surface area contributed by atoms with E-state index in [4.69, 9.17) is 5.73 Å². The molecular weight excluding hydrogens is 279 g/mol. The van der Waals surface area contributed by atoms with Crippen LogP contribution in [-0.4, -0.2) is 15.0 Å². The molecule has 1 aliphatic rings. The van der Waals surface area contributed by atoms with Gasteiger partial charge in [-0.05, 0) is 43.2 Å². The number of benzene rings is 1. The Hall–Kier alpha value is -2.04. The Kier molecular flexibility index (Phi) is 3.81. The molecule has 1 aliphatic carbocycles. The lowest BCUT2D eigenvalue weighted by Gasteiger charge is -2.16. The summed E-state index contributed by atoms with van der Waals surface area (Å²) in [7, 11) is 0. The first-order valence-electron chi connectivity index (χ1n) is 7.68. The van der Waals surface area contributed by atoms with Crippen molar-refractivity contribution in [3.05, 3.63) is 46.5 Å². The molecule has 3 rings (SSSR count). The number of aromatic nitrogens is 3. The molecular formula is C17H21FN4. The highest BCUT2D eigenvalue weighted by molar-refractivity contribution is 5.39. The zero-order chi connectivity index (χ0) is 15.9. The summed E-state index contributed by atoms with van der Waals surface area (Å²) in [6.07, 6.45) is 0.497. The Bertz CT molecular complexity index is 699. The molecule has 1 heterocycles. The third-order valence-corrected chi connectivity index (χ3v) is 4.40. The standard InChI is InChI=1S/C17H21FN4/c1-9-4-5-12-7-10(2)13(14(12)6-9)8-15-20-16(11(3)18)22-17(19)21-15/h4-6,10-11,13H,7-8H2,1-3H3,(H2,19,20,21,22)/t10-,11+,13+/m0/s1. The lowest BCUT2D eigenvalue weighted by Crippen LogP contribution is -2.13. The van der Waals surface area contributed by atoms with Crippen LogP contribution in [0, 0.1) is 12.8 Å². The van der Waals surface area contributed by atoms with Gasteiger partial charge in [0.25, 0.3) is 0 Å². The number of nitrogens with zero attached hydrogens (tertiary/aromatic N) is 3. The minimum Gasteiger partial charge on any atom is -0.368 e. The smallest absolute Gasteiger partial charge is 0.223 e. The third kappa shape index (κ3) is 2.80. The fraction of sp³-hybridized carbons (Fsp3) is 0.471. The lowest BCUT2D eigenvalue weighted by atomic mass is 9.90. The first-order chi connectivity index (χ1) is 10.4. The summed E-state index contributed by atoms with van der Waals surface area (Å²) in [6, 6.07) is 6.60. The van der Waals surface area contributed by atoms with Crippen LogP contribution in [0.1, 0.15) is 54.3 Å². The maximum absolute atomic E-state index is 13.5. The molecule has 3 atom stereocenters. The van der Waals surface area contributed by atoms with E-state index in [0.29, 0.717) is 24.1 Å². The van der Waals surface area contributed by atoms with E-state index in [9.17, 15) is 4.39 Å². The maximum Gasteiger partial charge on any atom is 0.223 e. The Morgan fingerprint density at radius 2 is 2.09 bits per heavy atom. The van der Waals surface area contributed by atoms with Gasteiger partial charge in [-0.1, -0.05) is 30.7 Å². The van der Waals surface area contributed by atoms with Gasteiger partial charge in [0.1, 0.15) is 5.82 Å². The van der Waals surface area contributed by atoms with Crippen molar-refractivity contribution in [3.8, 4) is 0 Å². The van der Waals surface area contributed by atoms with Crippen LogP contribution in [0.15, 0.2) is 18.2 Å². The zero-order valence-electron chi connectivity index (χ0n) is 13.2. The molecule has 1 aromatic carbocycles. The number of nitrogen functional groups attached to an aromatic ring is 1. The van der Waals surface area contributed by atoms with E-state index >= 15 is 0 Å². The Labute approximate surface area is 130 Å². The second kappa shape index (κ2) is 5.63. The largest absolute Gasteiger partial charge is 0.368 e. The van der Waals surface area contributed by atoms with E-state index in [1.54, 1.807) is 0 Å². The molecule has 0 amide bonds. The average Bonchev–Trinajstić information content (AvgIpc) is 2.74. The van der Waals surface area contributed by atoms with Crippen molar-refractivity contribution in [2.45, 2.75) is 45.7 Å². The number of anilines is 1. The lowest BCUT2D eigenvalue weighted by molar-refractivity contribution is 0.354. The van der Waals surface area contributed by atoms with Gasteiger partial charge in [0.2, 0.25) is 5.95 Å². The number of rotatable bonds is 3. The number of aryl methyl sites for hydroxylation is 1. The summed E-state index contributed by atoms with van der Waals surface area (Å²) in [5.41, 5.74) is 9.71. The molecule has 0 fully saturated rings. The van der Waals surface area contributed by atoms with Crippen LogP contribution in [0.2, 0.25) is 0 Å². The number of alkyl halides is 1. The maximum atomic E-state index is 13.5. The molecule has 0 bridgehead atoms. The fourth-order valence-electron chi connectivity index (χ4n) is 3.27. The summed E-state index contributed by atoms with van der Waals surface area (Å²) in [5, 5.41) is 0. The summed E-state index contributed by atoms with van der Waals surface area (Å²) in [5.74, 6) is 1.66. The summed E-state index contributed by atoms with van der Waals surface area (Å²) >= 11 is 0. The molecule has 22 heavy (non-hydrogen) atoms. The van der Waals surface area contributed by atoms with Crippen molar-refractivity contribution >= 4 is 5.95 Å². The molecule has 116 valence electrons. The molecule has 1 aromatic heterocycles. The van der Waals surface area contributed by atoms with Crippen molar-refractivity contribution < 1.29 is 4.39 Å². The topological polar surface area (TPSA) is 64.7 Å². The van der Waals surface area contributed by atoms with Crippen LogP contribution >= 0.6 is 0 Å². The monoisotopic (exact) mass is 300 g/mol. The van der Waals surface area contributed by atoms with Crippen molar-refractivity contribution in [3.63, 3.8) is 0 Å². The van der Waals surface area contributed by atoms with Gasteiger partial charge in [-0.3, -0.25) is 0 Å². The van der Waals surface area contributed by atoms with Crippen molar-refractivity contribution in [2.75, 3.05) is 5.73 Å². The normalized spacial score (nSPS) is 21.6. The van der Waals surface area contributed by atoms with Crippen LogP contribution < -0.4 is 5.73 Å².